The molecule has 0 radical (unpaired) electrons. The first-order chi connectivity index (χ1) is 12.5. The van der Waals surface area contributed by atoms with Crippen LogP contribution in [-0.2, 0) is 0 Å². The standard InChI is InChI=1S/C21H18Cl2N2S/c1-11(2)20-14(16-8-12(22)6-7-18(16)25-26)4-3-5-15(20)17-9-13(23)10-19-21(17)24-19/h3-11,24-26H,1-2H3. The van der Waals surface area contributed by atoms with Crippen molar-refractivity contribution in [1.82, 2.24) is 0 Å². The Balaban J connectivity index is 1.99. The Morgan fingerprint density at radius 1 is 0.885 bits per heavy atom. The van der Waals surface area contributed by atoms with Gasteiger partial charge in [-0.05, 0) is 52.9 Å². The molecular formula is C21H18Cl2N2S. The normalized spacial score (nSPS) is 11.9. The van der Waals surface area contributed by atoms with E-state index >= 15 is 0 Å². The molecule has 0 aromatic heterocycles. The van der Waals surface area contributed by atoms with Gasteiger partial charge in [-0.2, -0.15) is 0 Å². The van der Waals surface area contributed by atoms with E-state index in [1.165, 1.54) is 11.1 Å². The molecule has 1 aliphatic heterocycles. The van der Waals surface area contributed by atoms with Gasteiger partial charge in [0.2, 0.25) is 0 Å². The summed E-state index contributed by atoms with van der Waals surface area (Å²) < 4.78 is 2.98. The maximum atomic E-state index is 6.31. The van der Waals surface area contributed by atoms with Crippen LogP contribution in [0.4, 0.5) is 17.1 Å². The minimum atomic E-state index is 0.321. The predicted octanol–water partition coefficient (Wildman–Crippen LogP) is 7.76. The van der Waals surface area contributed by atoms with Crippen molar-refractivity contribution < 1.29 is 0 Å². The monoisotopic (exact) mass is 400 g/mol. The van der Waals surface area contributed by atoms with E-state index < -0.39 is 0 Å². The maximum Gasteiger partial charge on any atom is 0.0704 e. The molecule has 1 aliphatic rings. The van der Waals surface area contributed by atoms with Gasteiger partial charge in [-0.25, -0.2) is 0 Å². The number of nitrogens with one attached hydrogen (secondary N) is 2. The number of anilines is 3. The third kappa shape index (κ3) is 3.05. The molecule has 0 atom stereocenters. The van der Waals surface area contributed by atoms with Crippen LogP contribution in [0.5, 0.6) is 0 Å². The van der Waals surface area contributed by atoms with Crippen LogP contribution in [0.15, 0.2) is 48.5 Å². The largest absolute Gasteiger partial charge is 0.352 e. The van der Waals surface area contributed by atoms with Crippen LogP contribution >= 0.6 is 36.0 Å². The van der Waals surface area contributed by atoms with E-state index in [-0.39, 0.29) is 0 Å². The van der Waals surface area contributed by atoms with E-state index in [1.54, 1.807) is 0 Å². The molecule has 0 spiro atoms. The van der Waals surface area contributed by atoms with Crippen LogP contribution in [0.2, 0.25) is 10.0 Å². The molecular weight excluding hydrogens is 383 g/mol. The second-order valence-electron chi connectivity index (χ2n) is 6.72. The molecule has 132 valence electrons. The Labute approximate surface area is 169 Å². The lowest BCUT2D eigenvalue weighted by atomic mass is 9.85. The van der Waals surface area contributed by atoms with Crippen molar-refractivity contribution in [3.8, 4) is 22.3 Å². The molecule has 4 rings (SSSR count). The summed E-state index contributed by atoms with van der Waals surface area (Å²) in [6.45, 7) is 4.41. The van der Waals surface area contributed by atoms with Crippen molar-refractivity contribution >= 4 is 53.1 Å². The zero-order chi connectivity index (χ0) is 18.4. The molecule has 26 heavy (non-hydrogen) atoms. The van der Waals surface area contributed by atoms with Gasteiger partial charge in [-0.15, -0.1) is 0 Å². The van der Waals surface area contributed by atoms with Gasteiger partial charge < -0.3 is 10.0 Å². The van der Waals surface area contributed by atoms with Crippen LogP contribution in [0.3, 0.4) is 0 Å². The summed E-state index contributed by atoms with van der Waals surface area (Å²) in [4.78, 5) is 0. The third-order valence-corrected chi connectivity index (χ3v) is 5.36. The quantitative estimate of drug-likeness (QED) is 0.241. The first-order valence-corrected chi connectivity index (χ1v) is 9.63. The fourth-order valence-corrected chi connectivity index (χ4v) is 4.11. The predicted molar refractivity (Wildman–Crippen MR) is 117 cm³/mol. The molecule has 3 aromatic carbocycles. The zero-order valence-corrected chi connectivity index (χ0v) is 16.8. The Morgan fingerprint density at radius 3 is 2.27 bits per heavy atom. The molecule has 5 heteroatoms. The summed E-state index contributed by atoms with van der Waals surface area (Å²) in [6, 6.07) is 16.1. The van der Waals surface area contributed by atoms with Gasteiger partial charge in [0.05, 0.1) is 17.1 Å². The maximum absolute atomic E-state index is 6.31. The minimum Gasteiger partial charge on any atom is -0.352 e. The summed E-state index contributed by atoms with van der Waals surface area (Å²) in [6.07, 6.45) is 0. The van der Waals surface area contributed by atoms with Crippen molar-refractivity contribution in [2.45, 2.75) is 19.8 Å². The molecule has 0 saturated heterocycles. The van der Waals surface area contributed by atoms with Gasteiger partial charge in [0.15, 0.2) is 0 Å². The van der Waals surface area contributed by atoms with Crippen LogP contribution in [0, 0.1) is 0 Å². The van der Waals surface area contributed by atoms with Gasteiger partial charge >= 0.3 is 0 Å². The molecule has 0 fully saturated rings. The van der Waals surface area contributed by atoms with Crippen molar-refractivity contribution in [3.63, 3.8) is 0 Å². The lowest BCUT2D eigenvalue weighted by molar-refractivity contribution is 0.871. The van der Waals surface area contributed by atoms with Gasteiger partial charge in [0, 0.05) is 21.2 Å². The Morgan fingerprint density at radius 2 is 1.58 bits per heavy atom. The number of rotatable bonds is 4. The summed E-state index contributed by atoms with van der Waals surface area (Å²) in [5, 5.41) is 4.76. The highest BCUT2D eigenvalue weighted by atomic mass is 35.5. The highest BCUT2D eigenvalue weighted by Gasteiger charge is 2.25. The molecule has 1 heterocycles. The van der Waals surface area contributed by atoms with E-state index in [2.05, 4.69) is 54.9 Å². The second kappa shape index (κ2) is 6.73. The minimum absolute atomic E-state index is 0.321. The fourth-order valence-electron chi connectivity index (χ4n) is 3.52. The van der Waals surface area contributed by atoms with Gasteiger partial charge in [0.25, 0.3) is 0 Å². The molecule has 2 nitrogen and oxygen atoms in total. The van der Waals surface area contributed by atoms with E-state index in [9.17, 15) is 0 Å². The Bertz CT molecular complexity index is 1010. The smallest absolute Gasteiger partial charge is 0.0704 e. The second-order valence-corrected chi connectivity index (χ2v) is 7.82. The van der Waals surface area contributed by atoms with E-state index in [0.29, 0.717) is 10.9 Å². The van der Waals surface area contributed by atoms with Crippen molar-refractivity contribution in [1.29, 1.82) is 0 Å². The van der Waals surface area contributed by atoms with Crippen molar-refractivity contribution in [2.24, 2.45) is 0 Å². The number of thiol groups is 1. The number of fused-ring (bicyclic) bond motifs is 1. The van der Waals surface area contributed by atoms with Crippen molar-refractivity contribution in [2.75, 3.05) is 10.0 Å². The zero-order valence-electron chi connectivity index (χ0n) is 14.4. The first-order valence-electron chi connectivity index (χ1n) is 8.43. The lowest BCUT2D eigenvalue weighted by Gasteiger charge is -2.20. The average molecular weight is 401 g/mol. The third-order valence-electron chi connectivity index (χ3n) is 4.67. The van der Waals surface area contributed by atoms with E-state index in [1.807, 2.05) is 30.3 Å². The highest BCUT2D eigenvalue weighted by Crippen LogP contribution is 2.51. The SMILES string of the molecule is CC(C)c1c(-c2cc(Cl)ccc2NS)cccc1-c1cc(Cl)cc2c1N2. The summed E-state index contributed by atoms with van der Waals surface area (Å²) in [7, 11) is 0. The topological polar surface area (TPSA) is 34.0 Å². The van der Waals surface area contributed by atoms with Crippen LogP contribution in [0.1, 0.15) is 25.3 Å². The Kier molecular flexibility index (Phi) is 4.55. The molecule has 0 saturated carbocycles. The van der Waals surface area contributed by atoms with E-state index in [4.69, 9.17) is 23.2 Å². The molecule has 0 bridgehead atoms. The summed E-state index contributed by atoms with van der Waals surface area (Å²) in [5.74, 6) is 0.321. The molecule has 0 amide bonds. The van der Waals surface area contributed by atoms with E-state index in [0.717, 1.165) is 38.8 Å². The molecule has 2 N–H and O–H groups in total. The van der Waals surface area contributed by atoms with Crippen LogP contribution < -0.4 is 10.0 Å². The molecule has 0 aliphatic carbocycles. The van der Waals surface area contributed by atoms with Gasteiger partial charge in [-0.1, -0.05) is 68.1 Å². The summed E-state index contributed by atoms with van der Waals surface area (Å²) in [5.41, 5.74) is 8.96. The number of hydrogen-bond donors (Lipinski definition) is 3. The lowest BCUT2D eigenvalue weighted by Crippen LogP contribution is -1.98. The van der Waals surface area contributed by atoms with Crippen LogP contribution in [-0.4, -0.2) is 0 Å². The average Bonchev–Trinajstić information content (AvgIpc) is 3.39. The molecule has 0 unspecified atom stereocenters. The number of benzene rings is 3. The van der Waals surface area contributed by atoms with Gasteiger partial charge in [-0.3, -0.25) is 0 Å². The van der Waals surface area contributed by atoms with Crippen molar-refractivity contribution in [3.05, 3.63) is 64.1 Å². The number of halogens is 2. The number of hydrogen-bond acceptors (Lipinski definition) is 3. The van der Waals surface area contributed by atoms with Crippen LogP contribution in [0.25, 0.3) is 22.3 Å². The molecule has 3 aromatic rings. The highest BCUT2D eigenvalue weighted by molar-refractivity contribution is 7.81. The van der Waals surface area contributed by atoms with Gasteiger partial charge in [0.1, 0.15) is 0 Å². The Hall–Kier alpha value is -1.81. The summed E-state index contributed by atoms with van der Waals surface area (Å²) >= 11 is 16.9. The fraction of sp³-hybridized carbons (Fsp3) is 0.143. The first kappa shape index (κ1) is 17.6.